The molecule has 1 atom stereocenters. The number of ether oxygens (including phenoxy) is 1. The predicted octanol–water partition coefficient (Wildman–Crippen LogP) is 1.76. The van der Waals surface area contributed by atoms with Crippen molar-refractivity contribution in [1.82, 2.24) is 0 Å². The molecule has 0 radical (unpaired) electrons. The lowest BCUT2D eigenvalue weighted by atomic mass is 10.3. The summed E-state index contributed by atoms with van der Waals surface area (Å²) in [7, 11) is 0. The van der Waals surface area contributed by atoms with E-state index in [1.165, 1.54) is 0 Å². The third-order valence-electron chi connectivity index (χ3n) is 1.03. The summed E-state index contributed by atoms with van der Waals surface area (Å²) in [6.45, 7) is 1.10. The Kier molecular flexibility index (Phi) is 4.81. The minimum absolute atomic E-state index is 0.546. The van der Waals surface area contributed by atoms with E-state index in [0.717, 1.165) is 6.92 Å². The van der Waals surface area contributed by atoms with E-state index in [1.54, 1.807) is 0 Å². The molecule has 0 aliphatic heterocycles. The molecule has 0 aromatic carbocycles. The van der Waals surface area contributed by atoms with Crippen LogP contribution >= 0.6 is 34.8 Å². The van der Waals surface area contributed by atoms with Crippen LogP contribution in [-0.4, -0.2) is 26.9 Å². The van der Waals surface area contributed by atoms with Gasteiger partial charge in [-0.25, -0.2) is 0 Å². The van der Waals surface area contributed by atoms with Gasteiger partial charge in [0, 0.05) is 6.92 Å². The van der Waals surface area contributed by atoms with Gasteiger partial charge in [-0.2, -0.15) is 0 Å². The van der Waals surface area contributed by atoms with Crippen LogP contribution in [0.2, 0.25) is 0 Å². The van der Waals surface area contributed by atoms with Crippen LogP contribution in [0, 0.1) is 0 Å². The SMILES string of the molecule is CC(=O)O[C@@H](CC(=O)O)C(Cl)(Cl)Cl. The standard InChI is InChI=1S/C6H7Cl3O4/c1-3(10)13-4(2-5(11)12)6(7,8)9/h4H,2H2,1H3,(H,11,12)/t4-/m0/s1. The second kappa shape index (κ2) is 4.88. The summed E-state index contributed by atoms with van der Waals surface area (Å²) < 4.78 is 2.58. The van der Waals surface area contributed by atoms with Crippen LogP contribution in [0.15, 0.2) is 0 Å². The maximum atomic E-state index is 10.5. The monoisotopic (exact) mass is 248 g/mol. The van der Waals surface area contributed by atoms with Gasteiger partial charge < -0.3 is 9.84 Å². The fourth-order valence-corrected chi connectivity index (χ4v) is 0.948. The van der Waals surface area contributed by atoms with Gasteiger partial charge in [0.15, 0.2) is 6.10 Å². The molecular formula is C6H7Cl3O4. The Balaban J connectivity index is 4.37. The maximum Gasteiger partial charge on any atom is 0.307 e. The minimum Gasteiger partial charge on any atom is -0.481 e. The molecule has 0 heterocycles. The molecule has 0 saturated heterocycles. The lowest BCUT2D eigenvalue weighted by Crippen LogP contribution is -2.32. The Labute approximate surface area is 89.7 Å². The first-order chi connectivity index (χ1) is 5.73. The quantitative estimate of drug-likeness (QED) is 0.611. The number of alkyl halides is 3. The number of carbonyl (C=O) groups is 2. The van der Waals surface area contributed by atoms with Crippen molar-refractivity contribution < 1.29 is 19.4 Å². The number of carbonyl (C=O) groups excluding carboxylic acids is 1. The van der Waals surface area contributed by atoms with Crippen molar-refractivity contribution in [2.45, 2.75) is 23.2 Å². The second-order valence-corrected chi connectivity index (χ2v) is 4.61. The average molecular weight is 249 g/mol. The highest BCUT2D eigenvalue weighted by Gasteiger charge is 2.37. The van der Waals surface area contributed by atoms with Crippen molar-refractivity contribution in [3.63, 3.8) is 0 Å². The Bertz CT molecular complexity index is 194. The highest BCUT2D eigenvalue weighted by molar-refractivity contribution is 6.68. The van der Waals surface area contributed by atoms with E-state index in [1.807, 2.05) is 0 Å². The third kappa shape index (κ3) is 5.96. The number of hydrogen-bond acceptors (Lipinski definition) is 3. The molecule has 0 rings (SSSR count). The molecule has 0 unspecified atom stereocenters. The van der Waals surface area contributed by atoms with Gasteiger partial charge in [-0.05, 0) is 0 Å². The molecule has 0 aliphatic rings. The van der Waals surface area contributed by atoms with Crippen LogP contribution < -0.4 is 0 Å². The molecule has 13 heavy (non-hydrogen) atoms. The van der Waals surface area contributed by atoms with Crippen molar-refractivity contribution in [3.05, 3.63) is 0 Å². The minimum atomic E-state index is -1.93. The summed E-state index contributed by atoms with van der Waals surface area (Å²) in [5, 5.41) is 8.39. The topological polar surface area (TPSA) is 63.6 Å². The molecule has 0 fully saturated rings. The Morgan fingerprint density at radius 3 is 2.15 bits per heavy atom. The zero-order valence-electron chi connectivity index (χ0n) is 6.59. The predicted molar refractivity (Wildman–Crippen MR) is 48.1 cm³/mol. The molecule has 1 N–H and O–H groups in total. The van der Waals surface area contributed by atoms with Crippen LogP contribution in [-0.2, 0) is 14.3 Å². The molecule has 0 aliphatic carbocycles. The fraction of sp³-hybridized carbons (Fsp3) is 0.667. The van der Waals surface area contributed by atoms with Gasteiger partial charge in [0.2, 0.25) is 3.79 Å². The molecule has 7 heteroatoms. The third-order valence-corrected chi connectivity index (χ3v) is 1.76. The van der Waals surface area contributed by atoms with Crippen LogP contribution in [0.25, 0.3) is 0 Å². The number of hydrogen-bond donors (Lipinski definition) is 1. The molecule has 0 saturated carbocycles. The van der Waals surface area contributed by atoms with Crippen molar-refractivity contribution in [3.8, 4) is 0 Å². The summed E-state index contributed by atoms with van der Waals surface area (Å²) >= 11 is 16.1. The van der Waals surface area contributed by atoms with E-state index < -0.39 is 28.3 Å². The molecule has 0 bridgehead atoms. The van der Waals surface area contributed by atoms with Crippen molar-refractivity contribution >= 4 is 46.7 Å². The van der Waals surface area contributed by atoms with Crippen molar-refractivity contribution in [2.24, 2.45) is 0 Å². The molecule has 0 aromatic heterocycles. The van der Waals surface area contributed by atoms with E-state index in [4.69, 9.17) is 39.9 Å². The first-order valence-electron chi connectivity index (χ1n) is 3.19. The number of rotatable bonds is 3. The zero-order valence-corrected chi connectivity index (χ0v) is 8.86. The van der Waals surface area contributed by atoms with Crippen molar-refractivity contribution in [2.75, 3.05) is 0 Å². The highest BCUT2D eigenvalue weighted by atomic mass is 35.6. The second-order valence-electron chi connectivity index (χ2n) is 2.24. The van der Waals surface area contributed by atoms with E-state index in [0.29, 0.717) is 0 Å². The molecular weight excluding hydrogens is 242 g/mol. The Morgan fingerprint density at radius 2 is 1.92 bits per heavy atom. The summed E-state index contributed by atoms with van der Waals surface area (Å²) in [6.07, 6.45) is -1.82. The lowest BCUT2D eigenvalue weighted by molar-refractivity contribution is -0.150. The summed E-state index contributed by atoms with van der Waals surface area (Å²) in [6, 6.07) is 0. The normalized spacial score (nSPS) is 13.5. The van der Waals surface area contributed by atoms with Gasteiger partial charge in [0.25, 0.3) is 0 Å². The molecule has 76 valence electrons. The number of esters is 1. The Hall–Kier alpha value is -0.190. The van der Waals surface area contributed by atoms with E-state index >= 15 is 0 Å². The van der Waals surface area contributed by atoms with Crippen LogP contribution in [0.4, 0.5) is 0 Å². The van der Waals surface area contributed by atoms with Gasteiger partial charge in [0.1, 0.15) is 0 Å². The molecule has 0 aromatic rings. The average Bonchev–Trinajstić information content (AvgIpc) is 1.81. The van der Waals surface area contributed by atoms with E-state index in [-0.39, 0.29) is 0 Å². The van der Waals surface area contributed by atoms with Crippen LogP contribution in [0.1, 0.15) is 13.3 Å². The van der Waals surface area contributed by atoms with E-state index in [9.17, 15) is 9.59 Å². The van der Waals surface area contributed by atoms with E-state index in [2.05, 4.69) is 4.74 Å². The molecule has 4 nitrogen and oxygen atoms in total. The van der Waals surface area contributed by atoms with Gasteiger partial charge in [0.05, 0.1) is 6.42 Å². The van der Waals surface area contributed by atoms with Gasteiger partial charge in [-0.3, -0.25) is 9.59 Å². The first-order valence-corrected chi connectivity index (χ1v) is 4.32. The van der Waals surface area contributed by atoms with Crippen LogP contribution in [0.5, 0.6) is 0 Å². The van der Waals surface area contributed by atoms with Gasteiger partial charge >= 0.3 is 11.9 Å². The highest BCUT2D eigenvalue weighted by Crippen LogP contribution is 2.34. The number of carboxylic acid groups (broad SMARTS) is 1. The zero-order chi connectivity index (χ0) is 10.6. The summed E-state index contributed by atoms with van der Waals surface area (Å²) in [5.41, 5.74) is 0. The molecule has 0 amide bonds. The Morgan fingerprint density at radius 1 is 1.46 bits per heavy atom. The maximum absolute atomic E-state index is 10.5. The largest absolute Gasteiger partial charge is 0.481 e. The number of carboxylic acids is 1. The first kappa shape index (κ1) is 12.8. The summed E-state index contributed by atoms with van der Waals surface area (Å²) in [4.78, 5) is 20.8. The lowest BCUT2D eigenvalue weighted by Gasteiger charge is -2.21. The number of halogens is 3. The smallest absolute Gasteiger partial charge is 0.307 e. The molecule has 0 spiro atoms. The van der Waals surface area contributed by atoms with Gasteiger partial charge in [-0.1, -0.05) is 34.8 Å². The van der Waals surface area contributed by atoms with Crippen LogP contribution in [0.3, 0.4) is 0 Å². The summed E-state index contributed by atoms with van der Waals surface area (Å²) in [5.74, 6) is -1.91. The van der Waals surface area contributed by atoms with Gasteiger partial charge in [-0.15, -0.1) is 0 Å². The van der Waals surface area contributed by atoms with Crippen molar-refractivity contribution in [1.29, 1.82) is 0 Å². The fourth-order valence-electron chi connectivity index (χ4n) is 0.583. The number of aliphatic carboxylic acids is 1.